The Hall–Kier alpha value is -2.89. The number of nitrogens with one attached hydrogen (secondary N) is 1. The van der Waals surface area contributed by atoms with E-state index in [1.54, 1.807) is 18.2 Å². The second kappa shape index (κ2) is 8.67. The highest BCUT2D eigenvalue weighted by Gasteiger charge is 2.19. The molecule has 1 N–H and O–H groups in total. The summed E-state index contributed by atoms with van der Waals surface area (Å²) >= 11 is 0. The molecule has 0 aromatic heterocycles. The van der Waals surface area contributed by atoms with E-state index in [-0.39, 0.29) is 18.8 Å². The second-order valence-electron chi connectivity index (χ2n) is 5.06. The van der Waals surface area contributed by atoms with E-state index in [0.717, 1.165) is 5.56 Å². The van der Waals surface area contributed by atoms with E-state index < -0.39 is 23.7 Å². The summed E-state index contributed by atoms with van der Waals surface area (Å²) in [7, 11) is 1.29. The summed E-state index contributed by atoms with van der Waals surface area (Å²) in [5.74, 6) is -1.04. The fourth-order valence-corrected chi connectivity index (χ4v) is 2.13. The minimum Gasteiger partial charge on any atom is -0.484 e. The largest absolute Gasteiger partial charge is 0.484 e. The smallest absolute Gasteiger partial charge is 0.307 e. The van der Waals surface area contributed by atoms with Gasteiger partial charge in [0.1, 0.15) is 11.6 Å². The van der Waals surface area contributed by atoms with Crippen molar-refractivity contribution >= 4 is 11.9 Å². The predicted octanol–water partition coefficient (Wildman–Crippen LogP) is 2.63. The van der Waals surface area contributed by atoms with Crippen LogP contribution in [0.4, 0.5) is 4.39 Å². The molecule has 5 nitrogen and oxygen atoms in total. The molecular weight excluding hydrogens is 313 g/mol. The van der Waals surface area contributed by atoms with Crippen molar-refractivity contribution in [3.05, 3.63) is 66.0 Å². The van der Waals surface area contributed by atoms with E-state index in [9.17, 15) is 14.0 Å². The second-order valence-corrected chi connectivity index (χ2v) is 5.06. The molecule has 2 rings (SSSR count). The lowest BCUT2D eigenvalue weighted by Crippen LogP contribution is -2.34. The minimum absolute atomic E-state index is 0.00617. The third kappa shape index (κ3) is 5.39. The molecule has 0 aliphatic rings. The van der Waals surface area contributed by atoms with Crippen LogP contribution in [-0.4, -0.2) is 25.6 Å². The van der Waals surface area contributed by atoms with Gasteiger partial charge in [-0.15, -0.1) is 0 Å². The molecule has 6 heteroatoms. The predicted molar refractivity (Wildman–Crippen MR) is 85.9 cm³/mol. The van der Waals surface area contributed by atoms with Crippen molar-refractivity contribution in [2.24, 2.45) is 0 Å². The van der Waals surface area contributed by atoms with Gasteiger partial charge in [0.15, 0.2) is 6.61 Å². The number of carbonyl (C=O) groups is 2. The topological polar surface area (TPSA) is 64.6 Å². The SMILES string of the molecule is COC(=O)C[C@H](NC(=O)COc1cccc(F)c1)c1ccccc1. The highest BCUT2D eigenvalue weighted by Crippen LogP contribution is 2.17. The van der Waals surface area contributed by atoms with Gasteiger partial charge in [-0.3, -0.25) is 9.59 Å². The highest BCUT2D eigenvalue weighted by molar-refractivity contribution is 5.79. The number of esters is 1. The van der Waals surface area contributed by atoms with Gasteiger partial charge in [0.25, 0.3) is 5.91 Å². The molecule has 0 saturated carbocycles. The van der Waals surface area contributed by atoms with E-state index in [1.165, 1.54) is 25.3 Å². The Morgan fingerprint density at radius 2 is 1.88 bits per heavy atom. The normalized spacial score (nSPS) is 11.4. The van der Waals surface area contributed by atoms with Crippen LogP contribution >= 0.6 is 0 Å². The molecule has 24 heavy (non-hydrogen) atoms. The van der Waals surface area contributed by atoms with Gasteiger partial charge >= 0.3 is 5.97 Å². The van der Waals surface area contributed by atoms with Crippen molar-refractivity contribution in [1.29, 1.82) is 0 Å². The molecule has 126 valence electrons. The number of ether oxygens (including phenoxy) is 2. The quantitative estimate of drug-likeness (QED) is 0.792. The van der Waals surface area contributed by atoms with E-state index in [2.05, 4.69) is 10.1 Å². The van der Waals surface area contributed by atoms with E-state index in [1.807, 2.05) is 18.2 Å². The summed E-state index contributed by atoms with van der Waals surface area (Å²) < 4.78 is 23.0. The van der Waals surface area contributed by atoms with Gasteiger partial charge in [-0.2, -0.15) is 0 Å². The van der Waals surface area contributed by atoms with Gasteiger partial charge in [0.2, 0.25) is 0 Å². The summed E-state index contributed by atoms with van der Waals surface area (Å²) in [6.45, 7) is -0.284. The van der Waals surface area contributed by atoms with Gasteiger partial charge in [-0.1, -0.05) is 36.4 Å². The van der Waals surface area contributed by atoms with Crippen molar-refractivity contribution in [2.45, 2.75) is 12.5 Å². The molecule has 0 fully saturated rings. The average Bonchev–Trinajstić information content (AvgIpc) is 2.60. The minimum atomic E-state index is -0.526. The highest BCUT2D eigenvalue weighted by atomic mass is 19.1. The summed E-state index contributed by atoms with van der Waals surface area (Å²) in [6.07, 6.45) is 0.00617. The van der Waals surface area contributed by atoms with E-state index in [0.29, 0.717) is 0 Å². The monoisotopic (exact) mass is 331 g/mol. The molecule has 1 atom stereocenters. The molecule has 2 aromatic rings. The lowest BCUT2D eigenvalue weighted by Gasteiger charge is -2.18. The fourth-order valence-electron chi connectivity index (χ4n) is 2.13. The molecule has 0 radical (unpaired) electrons. The molecule has 0 aliphatic carbocycles. The van der Waals surface area contributed by atoms with Crippen LogP contribution in [0.5, 0.6) is 5.75 Å². The Morgan fingerprint density at radius 3 is 2.54 bits per heavy atom. The van der Waals surface area contributed by atoms with Crippen LogP contribution in [0.25, 0.3) is 0 Å². The molecular formula is C18H18FNO4. The molecule has 0 saturated heterocycles. The first-order chi connectivity index (χ1) is 11.6. The maximum absolute atomic E-state index is 13.1. The number of carbonyl (C=O) groups excluding carboxylic acids is 2. The number of hydrogen-bond donors (Lipinski definition) is 1. The lowest BCUT2D eigenvalue weighted by molar-refractivity contribution is -0.141. The van der Waals surface area contributed by atoms with Gasteiger partial charge in [0, 0.05) is 6.07 Å². The number of amides is 1. The Kier molecular flexibility index (Phi) is 6.31. The lowest BCUT2D eigenvalue weighted by atomic mass is 10.0. The molecule has 0 spiro atoms. The Morgan fingerprint density at radius 1 is 1.12 bits per heavy atom. The number of benzene rings is 2. The van der Waals surface area contributed by atoms with Crippen LogP contribution in [0.15, 0.2) is 54.6 Å². The third-order valence-corrected chi connectivity index (χ3v) is 3.30. The van der Waals surface area contributed by atoms with Gasteiger partial charge in [-0.25, -0.2) is 4.39 Å². The third-order valence-electron chi connectivity index (χ3n) is 3.30. The molecule has 0 bridgehead atoms. The summed E-state index contributed by atoms with van der Waals surface area (Å²) in [4.78, 5) is 23.6. The standard InChI is InChI=1S/C18H18FNO4/c1-23-18(22)11-16(13-6-3-2-4-7-13)20-17(21)12-24-15-9-5-8-14(19)10-15/h2-10,16H,11-12H2,1H3,(H,20,21)/t16-/m0/s1. The zero-order chi connectivity index (χ0) is 17.4. The Bertz CT molecular complexity index is 690. The Balaban J connectivity index is 1.97. The van der Waals surface area contributed by atoms with Crippen LogP contribution in [0.3, 0.4) is 0 Å². The molecule has 1 amide bonds. The van der Waals surface area contributed by atoms with E-state index >= 15 is 0 Å². The van der Waals surface area contributed by atoms with Gasteiger partial charge in [-0.05, 0) is 17.7 Å². The maximum atomic E-state index is 13.1. The van der Waals surface area contributed by atoms with Crippen molar-refractivity contribution in [1.82, 2.24) is 5.32 Å². The zero-order valence-electron chi connectivity index (χ0n) is 13.2. The fraction of sp³-hybridized carbons (Fsp3) is 0.222. The number of rotatable bonds is 7. The van der Waals surface area contributed by atoms with Crippen LogP contribution < -0.4 is 10.1 Å². The first-order valence-corrected chi connectivity index (χ1v) is 7.38. The van der Waals surface area contributed by atoms with Crippen LogP contribution in [0.2, 0.25) is 0 Å². The molecule has 0 aliphatic heterocycles. The van der Waals surface area contributed by atoms with Crippen LogP contribution in [0.1, 0.15) is 18.0 Å². The molecule has 0 heterocycles. The van der Waals surface area contributed by atoms with Crippen molar-refractivity contribution < 1.29 is 23.5 Å². The summed E-state index contributed by atoms with van der Waals surface area (Å²) in [5.41, 5.74) is 0.780. The maximum Gasteiger partial charge on any atom is 0.307 e. The van der Waals surface area contributed by atoms with Crippen LogP contribution in [-0.2, 0) is 14.3 Å². The summed E-state index contributed by atoms with van der Waals surface area (Å²) in [5, 5.41) is 2.72. The zero-order valence-corrected chi connectivity index (χ0v) is 13.2. The number of methoxy groups -OCH3 is 1. The molecule has 0 unspecified atom stereocenters. The van der Waals surface area contributed by atoms with Crippen molar-refractivity contribution in [3.8, 4) is 5.75 Å². The number of hydrogen-bond acceptors (Lipinski definition) is 4. The van der Waals surface area contributed by atoms with Crippen LogP contribution in [0, 0.1) is 5.82 Å². The Labute approximate surface area is 139 Å². The first kappa shape index (κ1) is 17.5. The van der Waals surface area contributed by atoms with Gasteiger partial charge in [0.05, 0.1) is 19.6 Å². The summed E-state index contributed by atoms with van der Waals surface area (Å²) in [6, 6.07) is 14.1. The van der Waals surface area contributed by atoms with Crippen molar-refractivity contribution in [2.75, 3.05) is 13.7 Å². The van der Waals surface area contributed by atoms with Crippen molar-refractivity contribution in [3.63, 3.8) is 0 Å². The van der Waals surface area contributed by atoms with Gasteiger partial charge < -0.3 is 14.8 Å². The average molecular weight is 331 g/mol. The number of halogens is 1. The molecule has 2 aromatic carbocycles. The van der Waals surface area contributed by atoms with E-state index in [4.69, 9.17) is 4.74 Å². The first-order valence-electron chi connectivity index (χ1n) is 7.38.